The number of ether oxygens (including phenoxy) is 2. The third-order valence-corrected chi connectivity index (χ3v) is 11.2. The van der Waals surface area contributed by atoms with Crippen LogP contribution in [0, 0.1) is 35.5 Å². The molecule has 2 aromatic carbocycles. The topological polar surface area (TPSA) is 93.2 Å². The Kier molecular flexibility index (Phi) is 12.2. The zero-order valence-corrected chi connectivity index (χ0v) is 29.8. The van der Waals surface area contributed by atoms with Gasteiger partial charge in [0.2, 0.25) is 11.8 Å². The van der Waals surface area contributed by atoms with Gasteiger partial charge in [-0.2, -0.15) is 0 Å². The highest BCUT2D eigenvalue weighted by Gasteiger charge is 2.46. The lowest BCUT2D eigenvalue weighted by atomic mass is 9.71. The summed E-state index contributed by atoms with van der Waals surface area (Å²) in [5.74, 6) is -1.82. The van der Waals surface area contributed by atoms with Gasteiger partial charge in [0.05, 0.1) is 58.0 Å². The fourth-order valence-corrected chi connectivity index (χ4v) is 7.90. The maximum absolute atomic E-state index is 13.0. The largest absolute Gasteiger partial charge is 0.469 e. The molecule has 0 bridgehead atoms. The summed E-state index contributed by atoms with van der Waals surface area (Å²) in [7, 11) is 2.74. The number of nitrogens with zero attached hydrogens (tertiary/aromatic N) is 2. The number of piperidine rings is 2. The molecule has 2 heterocycles. The van der Waals surface area contributed by atoms with E-state index in [0.29, 0.717) is 59.1 Å². The minimum Gasteiger partial charge on any atom is -0.469 e. The van der Waals surface area contributed by atoms with Gasteiger partial charge in [-0.3, -0.25) is 19.2 Å². The zero-order chi connectivity index (χ0) is 34.5. The molecule has 2 saturated heterocycles. The van der Waals surface area contributed by atoms with Crippen molar-refractivity contribution >= 4 is 70.2 Å². The van der Waals surface area contributed by atoms with E-state index in [1.807, 2.05) is 24.3 Å². The van der Waals surface area contributed by atoms with Gasteiger partial charge in [-0.15, -0.1) is 0 Å². The lowest BCUT2D eigenvalue weighted by Crippen LogP contribution is -2.50. The van der Waals surface area contributed by atoms with E-state index < -0.39 is 11.8 Å². The number of halogens is 4. The standard InChI is InChI=1S/2C18H19Cl2NO3/c2*1-24-18(23)13-4-2-3-12-7-8-21(17(22)16(12)13)10-11-5-6-14(19)15(20)9-11/h2*2-3,5-6,9,12-13,16H,4,7-8,10H2,1H3/t12-,13+,16+;12-,13-,16-/m10/s1. The average Bonchev–Trinajstić information content (AvgIpc) is 3.09. The summed E-state index contributed by atoms with van der Waals surface area (Å²) in [5.41, 5.74) is 1.86. The first-order chi connectivity index (χ1) is 23.0. The number of amides is 2. The number of likely N-dealkylation sites (tertiary alicyclic amines) is 2. The molecular weight excluding hydrogens is 698 g/mol. The van der Waals surface area contributed by atoms with Crippen molar-refractivity contribution in [3.8, 4) is 0 Å². The zero-order valence-electron chi connectivity index (χ0n) is 26.8. The van der Waals surface area contributed by atoms with Gasteiger partial charge < -0.3 is 19.3 Å². The minimum atomic E-state index is -0.394. The van der Waals surface area contributed by atoms with Crippen LogP contribution in [0.2, 0.25) is 20.1 Å². The van der Waals surface area contributed by atoms with Crippen LogP contribution in [0.25, 0.3) is 0 Å². The molecule has 2 aliphatic heterocycles. The second-order valence-electron chi connectivity index (χ2n) is 12.6. The van der Waals surface area contributed by atoms with Gasteiger partial charge >= 0.3 is 11.9 Å². The van der Waals surface area contributed by atoms with E-state index >= 15 is 0 Å². The van der Waals surface area contributed by atoms with E-state index in [1.54, 1.807) is 34.1 Å². The Balaban J connectivity index is 0.000000188. The molecule has 12 heteroatoms. The summed E-state index contributed by atoms with van der Waals surface area (Å²) in [6.07, 6.45) is 10.9. The molecule has 6 atom stereocenters. The summed E-state index contributed by atoms with van der Waals surface area (Å²) in [4.78, 5) is 53.7. The SMILES string of the molecule is COC(=O)[C@H]1CC=C[C@@H]2CCN(Cc3ccc(Cl)c(Cl)c3)C(=O)[C@@H]21.COC(=O)[C@H]1CC=C[C@H]2CCN(Cc3ccc(Cl)c(Cl)c3)C(=O)[C@H]12. The molecule has 6 rings (SSSR count). The molecule has 0 unspecified atom stereocenters. The van der Waals surface area contributed by atoms with Crippen LogP contribution in [0.1, 0.15) is 36.8 Å². The van der Waals surface area contributed by atoms with Gasteiger partial charge in [0.15, 0.2) is 0 Å². The van der Waals surface area contributed by atoms with Crippen molar-refractivity contribution in [1.29, 1.82) is 0 Å². The quantitative estimate of drug-likeness (QED) is 0.227. The summed E-state index contributed by atoms with van der Waals surface area (Å²) in [6, 6.07) is 10.8. The Morgan fingerprint density at radius 1 is 0.667 bits per heavy atom. The summed E-state index contributed by atoms with van der Waals surface area (Å²) in [5, 5.41) is 1.94. The number of rotatable bonds is 6. The summed E-state index contributed by atoms with van der Waals surface area (Å²) < 4.78 is 9.79. The number of esters is 2. The number of carbonyl (C=O) groups excluding carboxylic acids is 4. The van der Waals surface area contributed by atoms with E-state index in [1.165, 1.54) is 14.2 Å². The molecule has 0 saturated carbocycles. The molecule has 0 radical (unpaired) electrons. The first-order valence-electron chi connectivity index (χ1n) is 16.0. The number of hydrogen-bond donors (Lipinski definition) is 0. The molecule has 4 aliphatic rings. The van der Waals surface area contributed by atoms with Crippen molar-refractivity contribution in [3.05, 3.63) is 91.9 Å². The van der Waals surface area contributed by atoms with Crippen LogP contribution < -0.4 is 0 Å². The summed E-state index contributed by atoms with van der Waals surface area (Å²) in [6.45, 7) is 2.27. The van der Waals surface area contributed by atoms with Gasteiger partial charge in [-0.25, -0.2) is 0 Å². The van der Waals surface area contributed by atoms with E-state index in [-0.39, 0.29) is 47.4 Å². The van der Waals surface area contributed by atoms with Crippen LogP contribution >= 0.6 is 46.4 Å². The van der Waals surface area contributed by atoms with Crippen LogP contribution in [-0.2, 0) is 41.7 Å². The maximum atomic E-state index is 13.0. The highest BCUT2D eigenvalue weighted by atomic mass is 35.5. The van der Waals surface area contributed by atoms with Crippen molar-refractivity contribution in [2.45, 2.75) is 38.8 Å². The number of benzene rings is 2. The predicted octanol–water partition coefficient (Wildman–Crippen LogP) is 7.41. The normalized spacial score (nSPS) is 26.2. The third-order valence-electron chi connectivity index (χ3n) is 9.72. The van der Waals surface area contributed by atoms with Crippen molar-refractivity contribution in [2.75, 3.05) is 27.3 Å². The highest BCUT2D eigenvalue weighted by molar-refractivity contribution is 6.42. The lowest BCUT2D eigenvalue weighted by Gasteiger charge is -2.41. The van der Waals surface area contributed by atoms with Gasteiger partial charge in [0, 0.05) is 26.2 Å². The second-order valence-corrected chi connectivity index (χ2v) is 14.2. The Morgan fingerprint density at radius 2 is 1.06 bits per heavy atom. The van der Waals surface area contributed by atoms with Crippen molar-refractivity contribution in [2.24, 2.45) is 35.5 Å². The maximum Gasteiger partial charge on any atom is 0.309 e. The van der Waals surface area contributed by atoms with Crippen LogP contribution in [0.5, 0.6) is 0 Å². The molecule has 2 aliphatic carbocycles. The number of hydrogen-bond acceptors (Lipinski definition) is 6. The third kappa shape index (κ3) is 8.05. The van der Waals surface area contributed by atoms with E-state index in [2.05, 4.69) is 12.2 Å². The Bertz CT molecular complexity index is 1500. The number of methoxy groups -OCH3 is 2. The van der Waals surface area contributed by atoms with Crippen molar-refractivity contribution in [1.82, 2.24) is 9.80 Å². The molecule has 256 valence electrons. The van der Waals surface area contributed by atoms with Gasteiger partial charge in [-0.05, 0) is 72.9 Å². The second kappa shape index (κ2) is 16.1. The molecule has 0 N–H and O–H groups in total. The van der Waals surface area contributed by atoms with Crippen molar-refractivity contribution < 1.29 is 28.7 Å². The molecule has 2 amide bonds. The Labute approximate surface area is 300 Å². The van der Waals surface area contributed by atoms with Gasteiger partial charge in [0.25, 0.3) is 0 Å². The van der Waals surface area contributed by atoms with Gasteiger partial charge in [0.1, 0.15) is 0 Å². The Morgan fingerprint density at radius 3 is 1.42 bits per heavy atom. The van der Waals surface area contributed by atoms with Crippen LogP contribution in [0.15, 0.2) is 60.7 Å². The lowest BCUT2D eigenvalue weighted by molar-refractivity contribution is -0.157. The molecule has 48 heavy (non-hydrogen) atoms. The molecular formula is C36H38Cl4N2O6. The monoisotopic (exact) mass is 734 g/mol. The average molecular weight is 737 g/mol. The predicted molar refractivity (Wildman–Crippen MR) is 185 cm³/mol. The fraction of sp³-hybridized carbons (Fsp3) is 0.444. The molecule has 2 aromatic rings. The fourth-order valence-electron chi connectivity index (χ4n) is 7.26. The van der Waals surface area contributed by atoms with Crippen LogP contribution in [0.4, 0.5) is 0 Å². The molecule has 8 nitrogen and oxygen atoms in total. The smallest absolute Gasteiger partial charge is 0.309 e. The van der Waals surface area contributed by atoms with Crippen LogP contribution in [0.3, 0.4) is 0 Å². The van der Waals surface area contributed by atoms with Gasteiger partial charge in [-0.1, -0.05) is 82.8 Å². The Hall–Kier alpha value is -3.04. The molecule has 0 aromatic heterocycles. The number of carbonyl (C=O) groups is 4. The van der Waals surface area contributed by atoms with E-state index in [9.17, 15) is 19.2 Å². The number of fused-ring (bicyclic) bond motifs is 2. The van der Waals surface area contributed by atoms with E-state index in [4.69, 9.17) is 55.9 Å². The highest BCUT2D eigenvalue weighted by Crippen LogP contribution is 2.40. The first kappa shape index (κ1) is 36.2. The van der Waals surface area contributed by atoms with E-state index in [0.717, 1.165) is 24.0 Å². The number of allylic oxidation sites excluding steroid dienone is 4. The molecule has 0 spiro atoms. The van der Waals surface area contributed by atoms with Crippen molar-refractivity contribution in [3.63, 3.8) is 0 Å². The molecule has 2 fully saturated rings. The minimum absolute atomic E-state index is 0.0112. The summed E-state index contributed by atoms with van der Waals surface area (Å²) >= 11 is 24.0. The first-order valence-corrected chi connectivity index (χ1v) is 17.5. The van der Waals surface area contributed by atoms with Crippen LogP contribution in [-0.4, -0.2) is 60.9 Å².